The number of likely N-dealkylation sites (tertiary alicyclic amines) is 1. The van der Waals surface area contributed by atoms with Gasteiger partial charge in [-0.3, -0.25) is 4.90 Å². The highest BCUT2D eigenvalue weighted by molar-refractivity contribution is 5.79. The van der Waals surface area contributed by atoms with Gasteiger partial charge in [-0.15, -0.1) is 0 Å². The normalized spacial score (nSPS) is 27.5. The van der Waals surface area contributed by atoms with Crippen molar-refractivity contribution in [3.8, 4) is 0 Å². The van der Waals surface area contributed by atoms with Crippen LogP contribution in [0.2, 0.25) is 0 Å². The lowest BCUT2D eigenvalue weighted by atomic mass is 10.2. The third-order valence-electron chi connectivity index (χ3n) is 5.14. The van der Waals surface area contributed by atoms with E-state index in [0.29, 0.717) is 5.52 Å². The van der Waals surface area contributed by atoms with Gasteiger partial charge in [0, 0.05) is 31.6 Å². The molecule has 1 saturated heterocycles. The molecule has 0 radical (unpaired) electrons. The second kappa shape index (κ2) is 5.28. The number of rotatable bonds is 4. The number of aromatic nitrogens is 1. The summed E-state index contributed by atoms with van der Waals surface area (Å²) in [4.78, 5) is 9.28. The molecule has 2 aromatic rings. The number of benzene rings is 1. The SMILES string of the molecule is CN(C)CC1[C@H]2CN(Cc3ccc4cccc(F)c4n3)C[C@@H]12. The number of para-hydroxylation sites is 1. The summed E-state index contributed by atoms with van der Waals surface area (Å²) >= 11 is 0. The molecule has 0 bridgehead atoms. The Kier molecular flexibility index (Phi) is 3.39. The molecule has 1 saturated carbocycles. The first-order valence-electron chi connectivity index (χ1n) is 8.03. The molecule has 22 heavy (non-hydrogen) atoms. The topological polar surface area (TPSA) is 19.4 Å². The molecule has 1 unspecified atom stereocenters. The van der Waals surface area contributed by atoms with Crippen molar-refractivity contribution >= 4 is 10.9 Å². The molecule has 3 nitrogen and oxygen atoms in total. The van der Waals surface area contributed by atoms with Crippen LogP contribution in [-0.4, -0.2) is 48.5 Å². The predicted octanol–water partition coefficient (Wildman–Crippen LogP) is 2.61. The molecule has 1 aromatic carbocycles. The second-order valence-electron chi connectivity index (χ2n) is 7.06. The van der Waals surface area contributed by atoms with E-state index >= 15 is 0 Å². The Balaban J connectivity index is 1.42. The maximum absolute atomic E-state index is 13.8. The van der Waals surface area contributed by atoms with E-state index in [0.717, 1.165) is 35.4 Å². The van der Waals surface area contributed by atoms with Gasteiger partial charge in [0.2, 0.25) is 0 Å². The quantitative estimate of drug-likeness (QED) is 0.865. The number of halogens is 1. The molecular weight excluding hydrogens is 277 g/mol. The van der Waals surface area contributed by atoms with Gasteiger partial charge in [-0.25, -0.2) is 9.37 Å². The van der Waals surface area contributed by atoms with Gasteiger partial charge in [0.05, 0.1) is 5.69 Å². The van der Waals surface area contributed by atoms with Gasteiger partial charge in [0.1, 0.15) is 11.3 Å². The van der Waals surface area contributed by atoms with E-state index in [2.05, 4.69) is 28.9 Å². The van der Waals surface area contributed by atoms with Crippen LogP contribution in [0.5, 0.6) is 0 Å². The number of hydrogen-bond acceptors (Lipinski definition) is 3. The van der Waals surface area contributed by atoms with Gasteiger partial charge in [0.25, 0.3) is 0 Å². The fourth-order valence-electron chi connectivity index (χ4n) is 4.03. The van der Waals surface area contributed by atoms with Crippen LogP contribution >= 0.6 is 0 Å². The molecule has 1 aromatic heterocycles. The van der Waals surface area contributed by atoms with Gasteiger partial charge in [0.15, 0.2) is 0 Å². The van der Waals surface area contributed by atoms with Gasteiger partial charge < -0.3 is 4.90 Å². The Morgan fingerprint density at radius 2 is 1.95 bits per heavy atom. The summed E-state index contributed by atoms with van der Waals surface area (Å²) in [6.45, 7) is 4.38. The molecule has 116 valence electrons. The molecule has 2 aliphatic rings. The second-order valence-corrected chi connectivity index (χ2v) is 7.06. The minimum Gasteiger partial charge on any atom is -0.309 e. The zero-order valence-corrected chi connectivity index (χ0v) is 13.2. The monoisotopic (exact) mass is 299 g/mol. The lowest BCUT2D eigenvalue weighted by Gasteiger charge is -2.20. The average molecular weight is 299 g/mol. The lowest BCUT2D eigenvalue weighted by molar-refractivity contribution is 0.256. The third-order valence-corrected chi connectivity index (χ3v) is 5.14. The van der Waals surface area contributed by atoms with Crippen LogP contribution in [0.4, 0.5) is 4.39 Å². The average Bonchev–Trinajstić information content (AvgIpc) is 2.93. The van der Waals surface area contributed by atoms with E-state index in [1.165, 1.54) is 25.7 Å². The molecule has 0 amide bonds. The van der Waals surface area contributed by atoms with E-state index < -0.39 is 0 Å². The van der Waals surface area contributed by atoms with Crippen molar-refractivity contribution in [2.75, 3.05) is 33.7 Å². The summed E-state index contributed by atoms with van der Waals surface area (Å²) in [6.07, 6.45) is 0. The molecule has 4 heteroatoms. The zero-order chi connectivity index (χ0) is 15.3. The van der Waals surface area contributed by atoms with Crippen molar-refractivity contribution in [2.24, 2.45) is 17.8 Å². The van der Waals surface area contributed by atoms with Crippen LogP contribution in [0.15, 0.2) is 30.3 Å². The molecule has 2 fully saturated rings. The van der Waals surface area contributed by atoms with Crippen LogP contribution in [0, 0.1) is 23.6 Å². The number of hydrogen-bond donors (Lipinski definition) is 0. The van der Waals surface area contributed by atoms with Crippen molar-refractivity contribution in [2.45, 2.75) is 6.54 Å². The van der Waals surface area contributed by atoms with Gasteiger partial charge in [-0.05, 0) is 44.0 Å². The fourth-order valence-corrected chi connectivity index (χ4v) is 4.03. The van der Waals surface area contributed by atoms with E-state index in [9.17, 15) is 4.39 Å². The molecular formula is C18H22FN3. The smallest absolute Gasteiger partial charge is 0.149 e. The first-order chi connectivity index (χ1) is 10.6. The Hall–Kier alpha value is -1.52. The largest absolute Gasteiger partial charge is 0.309 e. The van der Waals surface area contributed by atoms with E-state index in [-0.39, 0.29) is 5.82 Å². The van der Waals surface area contributed by atoms with Crippen LogP contribution in [0.1, 0.15) is 5.69 Å². The van der Waals surface area contributed by atoms with E-state index in [4.69, 9.17) is 0 Å². The molecule has 1 aliphatic carbocycles. The highest BCUT2D eigenvalue weighted by atomic mass is 19.1. The Bertz CT molecular complexity index is 688. The van der Waals surface area contributed by atoms with Crippen molar-refractivity contribution in [1.82, 2.24) is 14.8 Å². The van der Waals surface area contributed by atoms with Gasteiger partial charge in [-0.1, -0.05) is 18.2 Å². The Labute approximate surface area is 130 Å². The standard InChI is InChI=1S/C18H22FN3/c1-21(2)9-14-15-10-22(11-16(14)15)8-13-7-6-12-4-3-5-17(19)18(12)20-13/h3-7,14-16H,8-11H2,1-2H3/t14?,15-,16+. The lowest BCUT2D eigenvalue weighted by Crippen LogP contribution is -2.27. The van der Waals surface area contributed by atoms with Gasteiger partial charge in [-0.2, -0.15) is 0 Å². The highest BCUT2D eigenvalue weighted by Crippen LogP contribution is 2.51. The number of pyridine rings is 1. The van der Waals surface area contributed by atoms with Crippen molar-refractivity contribution < 1.29 is 4.39 Å². The van der Waals surface area contributed by atoms with E-state index in [1.807, 2.05) is 18.2 Å². The van der Waals surface area contributed by atoms with Crippen molar-refractivity contribution in [3.63, 3.8) is 0 Å². The fraction of sp³-hybridized carbons (Fsp3) is 0.500. The summed E-state index contributed by atoms with van der Waals surface area (Å²) in [5.41, 5.74) is 1.47. The number of fused-ring (bicyclic) bond motifs is 2. The molecule has 1 aliphatic heterocycles. The number of piperidine rings is 1. The Morgan fingerprint density at radius 1 is 1.18 bits per heavy atom. The first-order valence-corrected chi connectivity index (χ1v) is 8.03. The van der Waals surface area contributed by atoms with Crippen molar-refractivity contribution in [1.29, 1.82) is 0 Å². The van der Waals surface area contributed by atoms with Gasteiger partial charge >= 0.3 is 0 Å². The molecule has 2 heterocycles. The van der Waals surface area contributed by atoms with Crippen LogP contribution < -0.4 is 0 Å². The summed E-state index contributed by atoms with van der Waals surface area (Å²) in [7, 11) is 4.30. The first kappa shape index (κ1) is 14.1. The Morgan fingerprint density at radius 3 is 2.68 bits per heavy atom. The van der Waals surface area contributed by atoms with E-state index in [1.54, 1.807) is 6.07 Å². The molecule has 0 N–H and O–H groups in total. The minimum absolute atomic E-state index is 0.227. The zero-order valence-electron chi connectivity index (χ0n) is 13.2. The van der Waals surface area contributed by atoms with Crippen LogP contribution in [0.3, 0.4) is 0 Å². The third kappa shape index (κ3) is 2.50. The molecule has 4 rings (SSSR count). The number of nitrogens with zero attached hydrogens (tertiary/aromatic N) is 3. The molecule has 3 atom stereocenters. The summed E-state index contributed by atoms with van der Waals surface area (Å²) in [6, 6.07) is 9.13. The predicted molar refractivity (Wildman–Crippen MR) is 86.0 cm³/mol. The molecule has 0 spiro atoms. The summed E-state index contributed by atoms with van der Waals surface area (Å²) in [5, 5.41) is 0.874. The maximum atomic E-state index is 13.8. The maximum Gasteiger partial charge on any atom is 0.149 e. The minimum atomic E-state index is -0.227. The highest BCUT2D eigenvalue weighted by Gasteiger charge is 2.55. The van der Waals surface area contributed by atoms with Crippen LogP contribution in [0.25, 0.3) is 10.9 Å². The van der Waals surface area contributed by atoms with Crippen LogP contribution in [-0.2, 0) is 6.54 Å². The van der Waals surface area contributed by atoms with Crippen molar-refractivity contribution in [3.05, 3.63) is 41.8 Å². The summed E-state index contributed by atoms with van der Waals surface area (Å²) < 4.78 is 13.8. The summed E-state index contributed by atoms with van der Waals surface area (Å²) in [5.74, 6) is 2.38.